The Balaban J connectivity index is 1.93. The molecule has 0 radical (unpaired) electrons. The number of rotatable bonds is 4. The molecule has 0 saturated carbocycles. The average molecular weight is 423 g/mol. The summed E-state index contributed by atoms with van der Waals surface area (Å²) in [4.78, 5) is 14.0. The molecule has 0 bridgehead atoms. The second-order valence-electron chi connectivity index (χ2n) is 10.0. The molecule has 4 aliphatic carbocycles. The third kappa shape index (κ3) is 3.64. The van der Waals surface area contributed by atoms with E-state index < -0.39 is 0 Å². The Morgan fingerprint density at radius 2 is 0.938 bits per heavy atom. The first-order chi connectivity index (χ1) is 15.1. The lowest BCUT2D eigenvalue weighted by Gasteiger charge is -2.08. The van der Waals surface area contributed by atoms with Gasteiger partial charge in [0.25, 0.3) is 0 Å². The molecule has 0 N–H and O–H groups in total. The van der Waals surface area contributed by atoms with Crippen molar-refractivity contribution in [1.29, 1.82) is 0 Å². The molecule has 4 aliphatic rings. The third-order valence-corrected chi connectivity index (χ3v) is 6.93. The Morgan fingerprint density at radius 1 is 0.562 bits per heavy atom. The van der Waals surface area contributed by atoms with Gasteiger partial charge in [0.15, 0.2) is 5.78 Å². The van der Waals surface area contributed by atoms with Gasteiger partial charge in [0.2, 0.25) is 0 Å². The highest BCUT2D eigenvalue weighted by atomic mass is 16.1. The number of carbonyl (C=O) groups excluding carboxylic acids is 1. The van der Waals surface area contributed by atoms with Crippen LogP contribution in [0.3, 0.4) is 0 Å². The van der Waals surface area contributed by atoms with Crippen molar-refractivity contribution in [3.63, 3.8) is 0 Å². The molecular formula is C31H34O. The largest absolute Gasteiger partial charge is 0.289 e. The first-order valence-electron chi connectivity index (χ1n) is 11.7. The Kier molecular flexibility index (Phi) is 5.71. The molecule has 1 heteroatoms. The normalized spacial score (nSPS) is 11.8. The molecule has 0 heterocycles. The quantitative estimate of drug-likeness (QED) is 0.301. The van der Waals surface area contributed by atoms with Crippen LogP contribution in [-0.2, 0) is 0 Å². The van der Waals surface area contributed by atoms with E-state index in [1.165, 1.54) is 33.4 Å². The number of aryl methyl sites for hydroxylation is 4. The van der Waals surface area contributed by atoms with Crippen molar-refractivity contribution in [2.45, 2.75) is 67.2 Å². The minimum Gasteiger partial charge on any atom is -0.289 e. The first kappa shape index (κ1) is 22.3. The summed E-state index contributed by atoms with van der Waals surface area (Å²) in [5.41, 5.74) is 13.4. The van der Waals surface area contributed by atoms with Gasteiger partial charge in [-0.1, -0.05) is 64.1 Å². The molecule has 0 fully saturated rings. The summed E-state index contributed by atoms with van der Waals surface area (Å²) in [5, 5.41) is 0. The molecule has 0 aromatic heterocycles. The highest BCUT2D eigenvalue weighted by Crippen LogP contribution is 2.41. The standard InChI is InChI=1S/C31H34O/c1-17(2)23-11-9-19(5)29-25(15-23)21(7)13-27(29)31(32)28-14-22(8)26-16-24(18(3)4)12-10-20(6)30(26)28/h9-18H,1-8H3. The van der Waals surface area contributed by atoms with Crippen LogP contribution in [0.5, 0.6) is 0 Å². The fourth-order valence-electron chi connectivity index (χ4n) is 4.90. The van der Waals surface area contributed by atoms with E-state index >= 15 is 0 Å². The maximum atomic E-state index is 14.0. The van der Waals surface area contributed by atoms with Gasteiger partial charge in [0, 0.05) is 11.1 Å². The predicted molar refractivity (Wildman–Crippen MR) is 137 cm³/mol. The van der Waals surface area contributed by atoms with Crippen molar-refractivity contribution in [2.75, 3.05) is 0 Å². The fraction of sp³-hybridized carbons (Fsp3) is 0.323. The molecule has 0 aromatic rings. The number of fused-ring (bicyclic) bond motifs is 2. The number of ketones is 1. The Hall–Kier alpha value is -2.93. The molecule has 0 atom stereocenters. The van der Waals surface area contributed by atoms with Gasteiger partial charge in [-0.15, -0.1) is 0 Å². The highest BCUT2D eigenvalue weighted by Gasteiger charge is 2.27. The van der Waals surface area contributed by atoms with Gasteiger partial charge in [-0.3, -0.25) is 4.79 Å². The van der Waals surface area contributed by atoms with Crippen molar-refractivity contribution in [3.8, 4) is 22.3 Å². The van der Waals surface area contributed by atoms with E-state index in [0.717, 1.165) is 33.4 Å². The monoisotopic (exact) mass is 422 g/mol. The fourth-order valence-corrected chi connectivity index (χ4v) is 4.90. The van der Waals surface area contributed by atoms with Gasteiger partial charge in [0.05, 0.1) is 0 Å². The van der Waals surface area contributed by atoms with Crippen LogP contribution in [-0.4, -0.2) is 5.78 Å². The summed E-state index contributed by atoms with van der Waals surface area (Å²) < 4.78 is 0. The van der Waals surface area contributed by atoms with Crippen molar-refractivity contribution in [3.05, 3.63) is 93.0 Å². The lowest BCUT2D eigenvalue weighted by atomic mass is 9.94. The number of hydrogen-bond acceptors (Lipinski definition) is 1. The lowest BCUT2D eigenvalue weighted by molar-refractivity contribution is 0.104. The summed E-state index contributed by atoms with van der Waals surface area (Å²) in [5.74, 6) is 1.01. The summed E-state index contributed by atoms with van der Waals surface area (Å²) in [7, 11) is 0. The van der Waals surface area contributed by atoms with Gasteiger partial charge < -0.3 is 0 Å². The highest BCUT2D eigenvalue weighted by molar-refractivity contribution is 6.18. The van der Waals surface area contributed by atoms with Crippen LogP contribution in [0.1, 0.15) is 88.8 Å². The van der Waals surface area contributed by atoms with E-state index in [4.69, 9.17) is 0 Å². The van der Waals surface area contributed by atoms with Crippen LogP contribution in [0, 0.1) is 27.7 Å². The zero-order valence-corrected chi connectivity index (χ0v) is 20.7. The molecule has 0 saturated heterocycles. The van der Waals surface area contributed by atoms with Crippen LogP contribution >= 0.6 is 0 Å². The Bertz CT molecular complexity index is 1170. The molecule has 1 nitrogen and oxygen atoms in total. The van der Waals surface area contributed by atoms with Gasteiger partial charge >= 0.3 is 0 Å². The molecule has 164 valence electrons. The van der Waals surface area contributed by atoms with Crippen LogP contribution in [0.25, 0.3) is 22.3 Å². The van der Waals surface area contributed by atoms with Crippen LogP contribution in [0.2, 0.25) is 0 Å². The van der Waals surface area contributed by atoms with Crippen molar-refractivity contribution in [2.24, 2.45) is 0 Å². The minimum absolute atomic E-state index is 0.127. The lowest BCUT2D eigenvalue weighted by Crippen LogP contribution is -2.02. The van der Waals surface area contributed by atoms with Crippen LogP contribution in [0.4, 0.5) is 0 Å². The predicted octanol–water partition coefficient (Wildman–Crippen LogP) is 8.61. The molecule has 0 amide bonds. The van der Waals surface area contributed by atoms with Gasteiger partial charge in [-0.2, -0.15) is 0 Å². The maximum absolute atomic E-state index is 14.0. The third-order valence-electron chi connectivity index (χ3n) is 6.93. The minimum atomic E-state index is 0.127. The smallest absolute Gasteiger partial charge is 0.194 e. The van der Waals surface area contributed by atoms with Crippen molar-refractivity contribution < 1.29 is 4.79 Å². The summed E-state index contributed by atoms with van der Waals surface area (Å²) >= 11 is 0. The Morgan fingerprint density at radius 3 is 1.28 bits per heavy atom. The zero-order chi connectivity index (χ0) is 23.3. The molecule has 0 aliphatic heterocycles. The van der Waals surface area contributed by atoms with Crippen LogP contribution < -0.4 is 0 Å². The molecule has 0 unspecified atom stereocenters. The molecule has 4 rings (SSSR count). The van der Waals surface area contributed by atoms with Gasteiger partial charge in [-0.05, 0) is 107 Å². The summed E-state index contributed by atoms with van der Waals surface area (Å²) in [6.45, 7) is 17.4. The number of carbonyl (C=O) groups is 1. The van der Waals surface area contributed by atoms with E-state index in [1.54, 1.807) is 0 Å². The molecule has 0 aromatic carbocycles. The molecule has 0 spiro atoms. The summed E-state index contributed by atoms with van der Waals surface area (Å²) in [6, 6.07) is 17.5. The van der Waals surface area contributed by atoms with Crippen molar-refractivity contribution in [1.82, 2.24) is 0 Å². The van der Waals surface area contributed by atoms with Gasteiger partial charge in [0.1, 0.15) is 0 Å². The second-order valence-corrected chi connectivity index (χ2v) is 10.0. The maximum Gasteiger partial charge on any atom is 0.194 e. The number of hydrogen-bond donors (Lipinski definition) is 0. The average Bonchev–Trinajstić information content (AvgIpc) is 3.07. The van der Waals surface area contributed by atoms with E-state index in [9.17, 15) is 4.79 Å². The van der Waals surface area contributed by atoms with E-state index in [-0.39, 0.29) is 5.78 Å². The van der Waals surface area contributed by atoms with E-state index in [0.29, 0.717) is 11.8 Å². The van der Waals surface area contributed by atoms with E-state index in [2.05, 4.69) is 104 Å². The molecule has 32 heavy (non-hydrogen) atoms. The SMILES string of the molecule is Cc1cc(C(=O)c2cc(C)c3cc(C(C)C)ccc(C)c2-3)c2c(C)ccc(C(C)C)cc1-2. The Labute approximate surface area is 193 Å². The van der Waals surface area contributed by atoms with Gasteiger partial charge in [-0.25, -0.2) is 0 Å². The second kappa shape index (κ2) is 8.20. The summed E-state index contributed by atoms with van der Waals surface area (Å²) in [6.07, 6.45) is 0. The van der Waals surface area contributed by atoms with Crippen molar-refractivity contribution >= 4 is 5.78 Å². The van der Waals surface area contributed by atoms with E-state index in [1.807, 2.05) is 0 Å². The van der Waals surface area contributed by atoms with Crippen LogP contribution in [0.15, 0.2) is 48.5 Å². The molecular weight excluding hydrogens is 388 g/mol. The first-order valence-corrected chi connectivity index (χ1v) is 11.7. The topological polar surface area (TPSA) is 17.1 Å². The zero-order valence-electron chi connectivity index (χ0n) is 20.7.